The fraction of sp³-hybridized carbons (Fsp3) is 0.550. The van der Waals surface area contributed by atoms with Crippen LogP contribution in [-0.4, -0.2) is 52.1 Å². The number of ether oxygens (including phenoxy) is 1. The van der Waals surface area contributed by atoms with Crippen molar-refractivity contribution in [2.45, 2.75) is 39.3 Å². The van der Waals surface area contributed by atoms with Crippen LogP contribution in [0.25, 0.3) is 0 Å². The molecule has 2 aromatic rings. The van der Waals surface area contributed by atoms with Gasteiger partial charge in [0.05, 0.1) is 19.0 Å². The number of hydrogen-bond donors (Lipinski definition) is 1. The van der Waals surface area contributed by atoms with E-state index in [1.165, 1.54) is 0 Å². The Bertz CT molecular complexity index is 713. The molecule has 1 aliphatic rings. The molecule has 2 unspecified atom stereocenters. The first-order valence-corrected chi connectivity index (χ1v) is 9.72. The van der Waals surface area contributed by atoms with Crippen molar-refractivity contribution in [2.75, 3.05) is 26.7 Å². The van der Waals surface area contributed by atoms with E-state index in [1.54, 1.807) is 0 Å². The molecule has 27 heavy (non-hydrogen) atoms. The molecule has 1 aliphatic heterocycles. The molecule has 7 nitrogen and oxygen atoms in total. The van der Waals surface area contributed by atoms with Gasteiger partial charge in [0, 0.05) is 51.3 Å². The molecule has 1 N–H and O–H groups in total. The minimum atomic E-state index is 0.413. The van der Waals surface area contributed by atoms with E-state index in [1.807, 2.05) is 37.9 Å². The highest BCUT2D eigenvalue weighted by atomic mass is 16.5. The zero-order valence-corrected chi connectivity index (χ0v) is 16.5. The van der Waals surface area contributed by atoms with E-state index in [9.17, 15) is 0 Å². The van der Waals surface area contributed by atoms with Crippen molar-refractivity contribution in [3.63, 3.8) is 0 Å². The SMILES string of the molecule is CCCOc1ccc(CNC(=NC)N2CCC(C)C(n3ccnc3)C2)cn1. The lowest BCUT2D eigenvalue weighted by Gasteiger charge is -2.39. The van der Waals surface area contributed by atoms with E-state index in [2.05, 4.69) is 49.8 Å². The van der Waals surface area contributed by atoms with Gasteiger partial charge in [-0.05, 0) is 24.3 Å². The molecule has 0 aromatic carbocycles. The lowest BCUT2D eigenvalue weighted by atomic mass is 9.93. The Morgan fingerprint density at radius 2 is 2.30 bits per heavy atom. The molecular formula is C20H30N6O. The third kappa shape index (κ3) is 4.99. The normalized spacial score (nSPS) is 20.6. The van der Waals surface area contributed by atoms with Crippen LogP contribution in [0.15, 0.2) is 42.0 Å². The average Bonchev–Trinajstić information content (AvgIpc) is 3.23. The number of pyridine rings is 1. The molecule has 2 aromatic heterocycles. The second-order valence-electron chi connectivity index (χ2n) is 7.04. The largest absolute Gasteiger partial charge is 0.478 e. The first-order valence-electron chi connectivity index (χ1n) is 9.72. The Morgan fingerprint density at radius 1 is 1.41 bits per heavy atom. The summed E-state index contributed by atoms with van der Waals surface area (Å²) in [6, 6.07) is 4.38. The number of likely N-dealkylation sites (tertiary alicyclic amines) is 1. The number of guanidine groups is 1. The number of hydrogen-bond acceptors (Lipinski definition) is 4. The molecule has 0 bridgehead atoms. The molecule has 0 aliphatic carbocycles. The number of rotatable bonds is 6. The van der Waals surface area contributed by atoms with Crippen LogP contribution >= 0.6 is 0 Å². The molecule has 0 amide bonds. The van der Waals surface area contributed by atoms with Crippen LogP contribution in [0.3, 0.4) is 0 Å². The van der Waals surface area contributed by atoms with Gasteiger partial charge >= 0.3 is 0 Å². The second kappa shape index (κ2) is 9.39. The zero-order chi connectivity index (χ0) is 19.1. The fourth-order valence-corrected chi connectivity index (χ4v) is 3.42. The fourth-order valence-electron chi connectivity index (χ4n) is 3.42. The molecular weight excluding hydrogens is 340 g/mol. The number of piperidine rings is 1. The summed E-state index contributed by atoms with van der Waals surface area (Å²) in [4.78, 5) is 15.4. The Morgan fingerprint density at radius 3 is 2.96 bits per heavy atom. The van der Waals surface area contributed by atoms with Crippen molar-refractivity contribution in [3.05, 3.63) is 42.6 Å². The van der Waals surface area contributed by atoms with Gasteiger partial charge < -0.3 is 19.5 Å². The van der Waals surface area contributed by atoms with Gasteiger partial charge in [0.1, 0.15) is 0 Å². The third-order valence-corrected chi connectivity index (χ3v) is 5.04. The minimum Gasteiger partial charge on any atom is -0.478 e. The topological polar surface area (TPSA) is 67.6 Å². The van der Waals surface area contributed by atoms with Crippen LogP contribution in [0.1, 0.15) is 38.3 Å². The quantitative estimate of drug-likeness (QED) is 0.625. The number of nitrogens with one attached hydrogen (secondary N) is 1. The second-order valence-corrected chi connectivity index (χ2v) is 7.04. The summed E-state index contributed by atoms with van der Waals surface area (Å²) in [7, 11) is 1.84. The molecule has 0 saturated carbocycles. The van der Waals surface area contributed by atoms with E-state index in [0.29, 0.717) is 31.0 Å². The van der Waals surface area contributed by atoms with Crippen molar-refractivity contribution < 1.29 is 4.74 Å². The van der Waals surface area contributed by atoms with Crippen LogP contribution in [-0.2, 0) is 6.54 Å². The summed E-state index contributed by atoms with van der Waals surface area (Å²) in [6.45, 7) is 7.72. The van der Waals surface area contributed by atoms with Crippen LogP contribution < -0.4 is 10.1 Å². The first-order chi connectivity index (χ1) is 13.2. The standard InChI is InChI=1S/C20H30N6O/c1-4-11-27-19-6-5-17(12-23-19)13-24-20(21-3)25-9-7-16(2)18(14-25)26-10-8-22-15-26/h5-6,8,10,12,15-16,18H,4,7,9,11,13-14H2,1-3H3,(H,21,24). The molecule has 0 spiro atoms. The summed E-state index contributed by atoms with van der Waals surface area (Å²) in [6.07, 6.45) is 9.78. The van der Waals surface area contributed by atoms with E-state index >= 15 is 0 Å². The number of nitrogens with zero attached hydrogens (tertiary/aromatic N) is 5. The van der Waals surface area contributed by atoms with Crippen molar-refractivity contribution in [1.82, 2.24) is 24.8 Å². The van der Waals surface area contributed by atoms with Crippen molar-refractivity contribution >= 4 is 5.96 Å². The Labute approximate surface area is 161 Å². The molecule has 1 saturated heterocycles. The van der Waals surface area contributed by atoms with Crippen LogP contribution in [0, 0.1) is 5.92 Å². The summed E-state index contributed by atoms with van der Waals surface area (Å²) < 4.78 is 7.75. The maximum atomic E-state index is 5.54. The smallest absolute Gasteiger partial charge is 0.213 e. The minimum absolute atomic E-state index is 0.413. The molecule has 7 heteroatoms. The molecule has 0 radical (unpaired) electrons. The van der Waals surface area contributed by atoms with E-state index in [0.717, 1.165) is 37.5 Å². The summed E-state index contributed by atoms with van der Waals surface area (Å²) in [5.41, 5.74) is 1.11. The highest BCUT2D eigenvalue weighted by Crippen LogP contribution is 2.27. The lowest BCUT2D eigenvalue weighted by Crippen LogP contribution is -2.48. The van der Waals surface area contributed by atoms with Gasteiger partial charge in [-0.25, -0.2) is 9.97 Å². The summed E-state index contributed by atoms with van der Waals surface area (Å²) >= 11 is 0. The summed E-state index contributed by atoms with van der Waals surface area (Å²) in [5, 5.41) is 3.47. The summed E-state index contributed by atoms with van der Waals surface area (Å²) in [5.74, 6) is 2.23. The van der Waals surface area contributed by atoms with Gasteiger partial charge in [0.15, 0.2) is 5.96 Å². The average molecular weight is 371 g/mol. The van der Waals surface area contributed by atoms with E-state index in [-0.39, 0.29) is 0 Å². The molecule has 1 fully saturated rings. The van der Waals surface area contributed by atoms with Gasteiger partial charge in [-0.2, -0.15) is 0 Å². The lowest BCUT2D eigenvalue weighted by molar-refractivity contribution is 0.189. The van der Waals surface area contributed by atoms with Gasteiger partial charge in [-0.1, -0.05) is 19.9 Å². The van der Waals surface area contributed by atoms with Gasteiger partial charge in [0.2, 0.25) is 5.88 Å². The first kappa shape index (κ1) is 19.2. The molecule has 2 atom stereocenters. The highest BCUT2D eigenvalue weighted by Gasteiger charge is 2.28. The number of aliphatic imine (C=N–C) groups is 1. The molecule has 3 rings (SSSR count). The third-order valence-electron chi connectivity index (χ3n) is 5.04. The van der Waals surface area contributed by atoms with Crippen molar-refractivity contribution in [3.8, 4) is 5.88 Å². The maximum absolute atomic E-state index is 5.54. The predicted molar refractivity (Wildman–Crippen MR) is 107 cm³/mol. The number of aromatic nitrogens is 3. The van der Waals surface area contributed by atoms with Gasteiger partial charge in [0.25, 0.3) is 0 Å². The van der Waals surface area contributed by atoms with Gasteiger partial charge in [-0.15, -0.1) is 0 Å². The van der Waals surface area contributed by atoms with E-state index < -0.39 is 0 Å². The zero-order valence-electron chi connectivity index (χ0n) is 16.5. The van der Waals surface area contributed by atoms with Gasteiger partial charge in [-0.3, -0.25) is 4.99 Å². The predicted octanol–water partition coefficient (Wildman–Crippen LogP) is 2.73. The van der Waals surface area contributed by atoms with Crippen LogP contribution in [0.5, 0.6) is 5.88 Å². The monoisotopic (exact) mass is 370 g/mol. The number of imidazole rings is 1. The van der Waals surface area contributed by atoms with Crippen LogP contribution in [0.2, 0.25) is 0 Å². The van der Waals surface area contributed by atoms with Crippen molar-refractivity contribution in [1.29, 1.82) is 0 Å². The molecule has 3 heterocycles. The maximum Gasteiger partial charge on any atom is 0.213 e. The van der Waals surface area contributed by atoms with E-state index in [4.69, 9.17) is 4.74 Å². The molecule has 146 valence electrons. The Hall–Kier alpha value is -2.57. The Kier molecular flexibility index (Phi) is 6.68. The van der Waals surface area contributed by atoms with Crippen LogP contribution in [0.4, 0.5) is 0 Å². The highest BCUT2D eigenvalue weighted by molar-refractivity contribution is 5.80. The van der Waals surface area contributed by atoms with Crippen molar-refractivity contribution in [2.24, 2.45) is 10.9 Å². The Balaban J connectivity index is 1.57.